The molecule has 0 saturated carbocycles. The predicted octanol–water partition coefficient (Wildman–Crippen LogP) is 3.73. The maximum atomic E-state index is 14.0. The van der Waals surface area contributed by atoms with E-state index in [4.69, 9.17) is 5.73 Å². The lowest BCUT2D eigenvalue weighted by molar-refractivity contribution is -0.128. The summed E-state index contributed by atoms with van der Waals surface area (Å²) in [6.07, 6.45) is -0.989. The third-order valence-corrected chi connectivity index (χ3v) is 10.6. The number of sulfonamides is 1. The zero-order valence-corrected chi connectivity index (χ0v) is 28.8. The molecule has 1 fully saturated rings. The van der Waals surface area contributed by atoms with Crippen molar-refractivity contribution < 1.29 is 23.1 Å². The minimum Gasteiger partial charge on any atom is -0.399 e. The lowest BCUT2D eigenvalue weighted by Crippen LogP contribution is -2.57. The van der Waals surface area contributed by atoms with Crippen molar-refractivity contribution in [1.82, 2.24) is 24.4 Å². The first kappa shape index (κ1) is 35.3. The first-order chi connectivity index (χ1) is 21.8. The van der Waals surface area contributed by atoms with Crippen LogP contribution in [0, 0.1) is 18.8 Å². The molecule has 1 aliphatic heterocycles. The Hall–Kier alpha value is -3.52. The summed E-state index contributed by atoms with van der Waals surface area (Å²) in [6.45, 7) is 10.6. The van der Waals surface area contributed by atoms with Gasteiger partial charge in [-0.3, -0.25) is 4.79 Å². The van der Waals surface area contributed by atoms with Crippen molar-refractivity contribution in [2.24, 2.45) is 11.8 Å². The van der Waals surface area contributed by atoms with Gasteiger partial charge in [0.25, 0.3) is 0 Å². The van der Waals surface area contributed by atoms with Crippen LogP contribution in [0.4, 0.5) is 10.5 Å². The molecule has 0 radical (unpaired) electrons. The van der Waals surface area contributed by atoms with Crippen LogP contribution >= 0.6 is 11.3 Å². The molecular formula is C33H46N6O5S2. The van der Waals surface area contributed by atoms with E-state index in [1.807, 2.05) is 70.3 Å². The number of hydrogen-bond donors (Lipinski definition) is 3. The summed E-state index contributed by atoms with van der Waals surface area (Å²) in [6, 6.07) is 13.5. The Morgan fingerprint density at radius 3 is 2.33 bits per heavy atom. The summed E-state index contributed by atoms with van der Waals surface area (Å²) in [4.78, 5) is 35.4. The van der Waals surface area contributed by atoms with Crippen LogP contribution in [-0.4, -0.2) is 88.9 Å². The van der Waals surface area contributed by atoms with E-state index in [1.54, 1.807) is 9.80 Å². The minimum absolute atomic E-state index is 0.0273. The van der Waals surface area contributed by atoms with Gasteiger partial charge in [-0.25, -0.2) is 18.2 Å². The highest BCUT2D eigenvalue weighted by Gasteiger charge is 2.40. The van der Waals surface area contributed by atoms with Gasteiger partial charge in [-0.05, 0) is 55.0 Å². The predicted molar refractivity (Wildman–Crippen MR) is 181 cm³/mol. The SMILES string of the molecule is Cc1nc(CN2CCN(C(C(=O)N[C@@H](Cc3ccccc3)[C@H](O)CN(CC(C)C)S(=O)(=O)c3ccc(N)cc3)C(C)C)C2=O)cs1. The molecule has 1 aromatic heterocycles. The van der Waals surface area contributed by atoms with E-state index in [0.29, 0.717) is 25.3 Å². The molecule has 1 unspecified atom stereocenters. The quantitative estimate of drug-likeness (QED) is 0.209. The number of nitrogens with one attached hydrogen (secondary N) is 1. The van der Waals surface area contributed by atoms with E-state index < -0.39 is 34.1 Å². The Morgan fingerprint density at radius 2 is 1.74 bits per heavy atom. The highest BCUT2D eigenvalue weighted by atomic mass is 32.2. The third kappa shape index (κ3) is 8.84. The summed E-state index contributed by atoms with van der Waals surface area (Å²) in [7, 11) is -3.98. The van der Waals surface area contributed by atoms with E-state index in [2.05, 4.69) is 10.3 Å². The van der Waals surface area contributed by atoms with E-state index in [-0.39, 0.29) is 42.3 Å². The van der Waals surface area contributed by atoms with Crippen LogP contribution in [0.25, 0.3) is 0 Å². The average Bonchev–Trinajstić information content (AvgIpc) is 3.57. The van der Waals surface area contributed by atoms with Gasteiger partial charge < -0.3 is 26.0 Å². The molecule has 11 nitrogen and oxygen atoms in total. The van der Waals surface area contributed by atoms with E-state index in [0.717, 1.165) is 16.3 Å². The van der Waals surface area contributed by atoms with Crippen molar-refractivity contribution in [1.29, 1.82) is 0 Å². The minimum atomic E-state index is -3.98. The topological polar surface area (TPSA) is 149 Å². The Balaban J connectivity index is 1.56. The molecule has 4 rings (SSSR count). The molecule has 250 valence electrons. The van der Waals surface area contributed by atoms with Crippen LogP contribution in [0.5, 0.6) is 0 Å². The molecule has 4 N–H and O–H groups in total. The molecule has 2 aromatic carbocycles. The van der Waals surface area contributed by atoms with E-state index >= 15 is 0 Å². The number of amides is 3. The number of nitrogen functional groups attached to an aromatic ring is 1. The van der Waals surface area contributed by atoms with Crippen LogP contribution in [-0.2, 0) is 27.8 Å². The number of aliphatic hydroxyl groups is 1. The monoisotopic (exact) mass is 670 g/mol. The van der Waals surface area contributed by atoms with E-state index in [1.165, 1.54) is 39.9 Å². The number of urea groups is 1. The Kier molecular flexibility index (Phi) is 11.8. The highest BCUT2D eigenvalue weighted by Crippen LogP contribution is 2.23. The van der Waals surface area contributed by atoms with Gasteiger partial charge in [0, 0.05) is 37.2 Å². The summed E-state index contributed by atoms with van der Waals surface area (Å²) in [5, 5.41) is 17.5. The van der Waals surface area contributed by atoms with Gasteiger partial charge >= 0.3 is 6.03 Å². The maximum absolute atomic E-state index is 14.0. The Bertz CT molecular complexity index is 1560. The van der Waals surface area contributed by atoms with Gasteiger partial charge in [0.05, 0.1) is 34.3 Å². The second kappa shape index (κ2) is 15.4. The number of aliphatic hydroxyl groups excluding tert-OH is 1. The molecule has 0 aliphatic carbocycles. The molecule has 3 amide bonds. The summed E-state index contributed by atoms with van der Waals surface area (Å²) in [5.74, 6) is -0.643. The van der Waals surface area contributed by atoms with Crippen molar-refractivity contribution >= 4 is 39.0 Å². The lowest BCUT2D eigenvalue weighted by atomic mass is 9.97. The van der Waals surface area contributed by atoms with Crippen LogP contribution < -0.4 is 11.1 Å². The first-order valence-electron chi connectivity index (χ1n) is 15.6. The van der Waals surface area contributed by atoms with Gasteiger partial charge in [0.2, 0.25) is 15.9 Å². The van der Waals surface area contributed by atoms with Crippen molar-refractivity contribution in [3.05, 3.63) is 76.2 Å². The molecule has 0 spiro atoms. The van der Waals surface area contributed by atoms with Crippen LogP contribution in [0.2, 0.25) is 0 Å². The standard InChI is InChI=1S/C33H46N6O5S2/c1-22(2)18-38(46(43,44)28-13-11-26(34)12-14-28)20-30(40)29(17-25-9-7-6-8-10-25)36-32(41)31(23(3)4)39-16-15-37(33(39)42)19-27-21-45-24(5)35-27/h6-14,21-23,29-31,40H,15-20,34H2,1-5H3,(H,36,41)/t29-,30+,31?/m0/s1. The molecule has 2 heterocycles. The largest absolute Gasteiger partial charge is 0.399 e. The second-order valence-electron chi connectivity index (χ2n) is 12.6. The lowest BCUT2D eigenvalue weighted by Gasteiger charge is -2.34. The molecule has 46 heavy (non-hydrogen) atoms. The number of nitrogens with two attached hydrogens (primary N) is 1. The fourth-order valence-corrected chi connectivity index (χ4v) is 7.93. The number of nitrogens with zero attached hydrogens (tertiary/aromatic N) is 4. The maximum Gasteiger partial charge on any atom is 0.321 e. The molecule has 1 aliphatic rings. The number of carbonyl (C=O) groups excluding carboxylic acids is 2. The number of rotatable bonds is 15. The van der Waals surface area contributed by atoms with E-state index in [9.17, 15) is 23.1 Å². The highest BCUT2D eigenvalue weighted by molar-refractivity contribution is 7.89. The number of carbonyl (C=O) groups is 2. The Labute approximate surface area is 276 Å². The first-order valence-corrected chi connectivity index (χ1v) is 17.9. The zero-order chi connectivity index (χ0) is 33.6. The third-order valence-electron chi connectivity index (χ3n) is 7.95. The van der Waals surface area contributed by atoms with Crippen molar-refractivity contribution in [3.8, 4) is 0 Å². The summed E-state index contributed by atoms with van der Waals surface area (Å²) < 4.78 is 28.7. The van der Waals surface area contributed by atoms with Gasteiger partial charge in [0.1, 0.15) is 6.04 Å². The number of thiazole rings is 1. The molecule has 13 heteroatoms. The summed E-state index contributed by atoms with van der Waals surface area (Å²) in [5.41, 5.74) is 7.91. The second-order valence-corrected chi connectivity index (χ2v) is 15.6. The van der Waals surface area contributed by atoms with Gasteiger partial charge in [-0.1, -0.05) is 58.0 Å². The van der Waals surface area contributed by atoms with Crippen molar-refractivity contribution in [3.63, 3.8) is 0 Å². The molecule has 0 bridgehead atoms. The van der Waals surface area contributed by atoms with Gasteiger partial charge in [0.15, 0.2) is 0 Å². The van der Waals surface area contributed by atoms with Crippen molar-refractivity contribution in [2.75, 3.05) is 31.9 Å². The fraction of sp³-hybridized carbons (Fsp3) is 0.485. The molecular weight excluding hydrogens is 625 g/mol. The van der Waals surface area contributed by atoms with Crippen molar-refractivity contribution in [2.45, 2.75) is 70.7 Å². The van der Waals surface area contributed by atoms with Crippen LogP contribution in [0.1, 0.15) is 44.0 Å². The number of hydrogen-bond acceptors (Lipinski definition) is 8. The Morgan fingerprint density at radius 1 is 1.07 bits per heavy atom. The number of aryl methyl sites for hydroxylation is 1. The van der Waals surface area contributed by atoms with Crippen LogP contribution in [0.15, 0.2) is 64.9 Å². The normalized spacial score (nSPS) is 16.0. The van der Waals surface area contributed by atoms with Gasteiger partial charge in [-0.15, -0.1) is 11.3 Å². The number of anilines is 1. The van der Waals surface area contributed by atoms with Crippen LogP contribution in [0.3, 0.4) is 0 Å². The summed E-state index contributed by atoms with van der Waals surface area (Å²) >= 11 is 1.53. The molecule has 1 saturated heterocycles. The molecule has 3 atom stereocenters. The number of aromatic nitrogens is 1. The fourth-order valence-electron chi connectivity index (χ4n) is 5.71. The molecule has 3 aromatic rings. The van der Waals surface area contributed by atoms with Gasteiger partial charge in [-0.2, -0.15) is 4.31 Å². The number of benzene rings is 2. The average molecular weight is 671 g/mol. The smallest absolute Gasteiger partial charge is 0.321 e. The zero-order valence-electron chi connectivity index (χ0n) is 27.2.